The summed E-state index contributed by atoms with van der Waals surface area (Å²) >= 11 is 1.79. The van der Waals surface area contributed by atoms with Gasteiger partial charge in [0.05, 0.1) is 10.7 Å². The molecular weight excluding hydrogens is 156 g/mol. The Labute approximate surface area is 70.7 Å². The lowest BCUT2D eigenvalue weighted by Gasteiger charge is -2.25. The molecule has 0 atom stereocenters. The van der Waals surface area contributed by atoms with E-state index in [-0.39, 0.29) is 0 Å². The van der Waals surface area contributed by atoms with Crippen molar-refractivity contribution in [2.24, 2.45) is 0 Å². The summed E-state index contributed by atoms with van der Waals surface area (Å²) in [7, 11) is 0. The molecule has 1 aromatic heterocycles. The molecule has 0 spiro atoms. The van der Waals surface area contributed by atoms with Gasteiger partial charge in [-0.25, -0.2) is 4.98 Å². The molecule has 2 heterocycles. The third-order valence-corrected chi connectivity index (χ3v) is 3.08. The molecule has 0 unspecified atom stereocenters. The standard InChI is InChI=1S/C8H12N2S/c1-2-8-10-7(5-11-8)6-3-9-4-6/h5-6,9H,2-4H2,1H3. The van der Waals surface area contributed by atoms with Gasteiger partial charge in [0, 0.05) is 24.4 Å². The van der Waals surface area contributed by atoms with Crippen LogP contribution < -0.4 is 5.32 Å². The molecule has 0 amide bonds. The van der Waals surface area contributed by atoms with Crippen LogP contribution in [0.4, 0.5) is 0 Å². The van der Waals surface area contributed by atoms with Crippen molar-refractivity contribution in [2.45, 2.75) is 19.3 Å². The summed E-state index contributed by atoms with van der Waals surface area (Å²) in [4.78, 5) is 4.53. The van der Waals surface area contributed by atoms with E-state index in [9.17, 15) is 0 Å². The van der Waals surface area contributed by atoms with Crippen molar-refractivity contribution in [1.29, 1.82) is 0 Å². The minimum Gasteiger partial charge on any atom is -0.315 e. The molecule has 0 aliphatic carbocycles. The predicted octanol–water partition coefficient (Wildman–Crippen LogP) is 1.39. The Hall–Kier alpha value is -0.410. The highest BCUT2D eigenvalue weighted by Gasteiger charge is 2.20. The van der Waals surface area contributed by atoms with Crippen LogP contribution in [0.3, 0.4) is 0 Å². The van der Waals surface area contributed by atoms with E-state index in [1.807, 2.05) is 0 Å². The topological polar surface area (TPSA) is 24.9 Å². The molecule has 0 aromatic carbocycles. The smallest absolute Gasteiger partial charge is 0.0925 e. The van der Waals surface area contributed by atoms with Gasteiger partial charge in [0.15, 0.2) is 0 Å². The Morgan fingerprint density at radius 3 is 3.00 bits per heavy atom. The number of hydrogen-bond donors (Lipinski definition) is 1. The Bertz CT molecular complexity index is 240. The van der Waals surface area contributed by atoms with Gasteiger partial charge in [-0.15, -0.1) is 11.3 Å². The van der Waals surface area contributed by atoms with Gasteiger partial charge in [-0.2, -0.15) is 0 Å². The maximum absolute atomic E-state index is 4.53. The zero-order chi connectivity index (χ0) is 7.68. The molecule has 1 N–H and O–H groups in total. The molecule has 0 saturated carbocycles. The van der Waals surface area contributed by atoms with Crippen molar-refractivity contribution >= 4 is 11.3 Å². The third-order valence-electron chi connectivity index (χ3n) is 2.07. The monoisotopic (exact) mass is 168 g/mol. The fraction of sp³-hybridized carbons (Fsp3) is 0.625. The number of thiazole rings is 1. The molecule has 1 fully saturated rings. The molecule has 60 valence electrons. The van der Waals surface area contributed by atoms with E-state index >= 15 is 0 Å². The average molecular weight is 168 g/mol. The molecule has 1 saturated heterocycles. The van der Waals surface area contributed by atoms with E-state index in [0.717, 1.165) is 19.5 Å². The zero-order valence-electron chi connectivity index (χ0n) is 6.63. The lowest BCUT2D eigenvalue weighted by Crippen LogP contribution is -2.40. The molecule has 1 aromatic rings. The highest BCUT2D eigenvalue weighted by Crippen LogP contribution is 2.21. The van der Waals surface area contributed by atoms with Gasteiger partial charge >= 0.3 is 0 Å². The van der Waals surface area contributed by atoms with Gasteiger partial charge in [-0.3, -0.25) is 0 Å². The van der Waals surface area contributed by atoms with Crippen molar-refractivity contribution in [3.63, 3.8) is 0 Å². The van der Waals surface area contributed by atoms with Crippen LogP contribution in [0.15, 0.2) is 5.38 Å². The second-order valence-corrected chi connectivity index (χ2v) is 3.82. The molecule has 1 aliphatic rings. The minimum atomic E-state index is 0.701. The Kier molecular flexibility index (Phi) is 1.92. The van der Waals surface area contributed by atoms with Crippen LogP contribution in [0.5, 0.6) is 0 Å². The summed E-state index contributed by atoms with van der Waals surface area (Å²) in [5.41, 5.74) is 1.30. The number of hydrogen-bond acceptors (Lipinski definition) is 3. The van der Waals surface area contributed by atoms with Gasteiger partial charge < -0.3 is 5.32 Å². The Morgan fingerprint density at radius 2 is 2.55 bits per heavy atom. The molecule has 0 bridgehead atoms. The number of rotatable bonds is 2. The summed E-state index contributed by atoms with van der Waals surface area (Å²) in [6.45, 7) is 4.39. The number of aromatic nitrogens is 1. The molecule has 2 nitrogen and oxygen atoms in total. The van der Waals surface area contributed by atoms with Crippen molar-refractivity contribution in [3.8, 4) is 0 Å². The van der Waals surface area contributed by atoms with Gasteiger partial charge in [-0.1, -0.05) is 6.92 Å². The molecule has 0 radical (unpaired) electrons. The molecule has 2 rings (SSSR count). The van der Waals surface area contributed by atoms with E-state index in [0.29, 0.717) is 5.92 Å². The van der Waals surface area contributed by atoms with Crippen LogP contribution in [-0.4, -0.2) is 18.1 Å². The van der Waals surface area contributed by atoms with Crippen LogP contribution in [0.2, 0.25) is 0 Å². The summed E-state index contributed by atoms with van der Waals surface area (Å²) in [6, 6.07) is 0. The maximum Gasteiger partial charge on any atom is 0.0925 e. The first-order valence-corrected chi connectivity index (χ1v) is 4.93. The number of nitrogens with one attached hydrogen (secondary N) is 1. The van der Waals surface area contributed by atoms with E-state index in [2.05, 4.69) is 22.6 Å². The van der Waals surface area contributed by atoms with Crippen LogP contribution in [0.25, 0.3) is 0 Å². The number of nitrogens with zero attached hydrogens (tertiary/aromatic N) is 1. The first kappa shape index (κ1) is 7.25. The van der Waals surface area contributed by atoms with E-state index in [1.165, 1.54) is 10.7 Å². The third kappa shape index (κ3) is 1.30. The van der Waals surface area contributed by atoms with Crippen molar-refractivity contribution < 1.29 is 0 Å². The van der Waals surface area contributed by atoms with Gasteiger partial charge in [0.25, 0.3) is 0 Å². The van der Waals surface area contributed by atoms with Crippen molar-refractivity contribution in [2.75, 3.05) is 13.1 Å². The highest BCUT2D eigenvalue weighted by molar-refractivity contribution is 7.09. The number of aryl methyl sites for hydroxylation is 1. The zero-order valence-corrected chi connectivity index (χ0v) is 7.45. The molecule has 1 aliphatic heterocycles. The first-order valence-electron chi connectivity index (χ1n) is 4.05. The predicted molar refractivity (Wildman–Crippen MR) is 47.1 cm³/mol. The van der Waals surface area contributed by atoms with Crippen LogP contribution in [0.1, 0.15) is 23.5 Å². The average Bonchev–Trinajstić information content (AvgIpc) is 2.32. The van der Waals surface area contributed by atoms with Crippen LogP contribution in [-0.2, 0) is 6.42 Å². The SMILES string of the molecule is CCc1nc(C2CNC2)cs1. The maximum atomic E-state index is 4.53. The second-order valence-electron chi connectivity index (χ2n) is 2.87. The van der Waals surface area contributed by atoms with E-state index in [1.54, 1.807) is 11.3 Å². The summed E-state index contributed by atoms with van der Waals surface area (Å²) in [5, 5.41) is 6.72. The molecule has 11 heavy (non-hydrogen) atoms. The summed E-state index contributed by atoms with van der Waals surface area (Å²) in [6.07, 6.45) is 1.07. The Balaban J connectivity index is 2.11. The molecular formula is C8H12N2S. The van der Waals surface area contributed by atoms with Crippen LogP contribution in [0, 0.1) is 0 Å². The lowest BCUT2D eigenvalue weighted by atomic mass is 10.0. The highest BCUT2D eigenvalue weighted by atomic mass is 32.1. The summed E-state index contributed by atoms with van der Waals surface area (Å²) < 4.78 is 0. The quantitative estimate of drug-likeness (QED) is 0.722. The minimum absolute atomic E-state index is 0.701. The second kappa shape index (κ2) is 2.91. The van der Waals surface area contributed by atoms with Gasteiger partial charge in [-0.05, 0) is 6.42 Å². The fourth-order valence-electron chi connectivity index (χ4n) is 1.17. The fourth-order valence-corrected chi connectivity index (χ4v) is 2.00. The van der Waals surface area contributed by atoms with E-state index in [4.69, 9.17) is 0 Å². The lowest BCUT2D eigenvalue weighted by molar-refractivity contribution is 0.441. The van der Waals surface area contributed by atoms with Crippen molar-refractivity contribution in [1.82, 2.24) is 10.3 Å². The van der Waals surface area contributed by atoms with Gasteiger partial charge in [0.2, 0.25) is 0 Å². The van der Waals surface area contributed by atoms with Crippen molar-refractivity contribution in [3.05, 3.63) is 16.1 Å². The Morgan fingerprint density at radius 1 is 1.73 bits per heavy atom. The first-order chi connectivity index (χ1) is 5.40. The normalized spacial score (nSPS) is 18.3. The van der Waals surface area contributed by atoms with E-state index < -0.39 is 0 Å². The molecule has 3 heteroatoms. The van der Waals surface area contributed by atoms with Crippen LogP contribution >= 0.6 is 11.3 Å². The summed E-state index contributed by atoms with van der Waals surface area (Å²) in [5.74, 6) is 0.701. The van der Waals surface area contributed by atoms with Gasteiger partial charge in [0.1, 0.15) is 0 Å². The largest absolute Gasteiger partial charge is 0.315 e.